The molecule has 1 saturated heterocycles. The maximum absolute atomic E-state index is 13.5. The SMILES string of the molecule is O[C@@H]1CN(Cc2cc(F)cc(Cl)c2)CC[C@H]1Oc1ccc2ccncc2c1. The highest BCUT2D eigenvalue weighted by Crippen LogP contribution is 2.25. The monoisotopic (exact) mass is 386 g/mol. The molecule has 0 spiro atoms. The van der Waals surface area contributed by atoms with E-state index in [2.05, 4.69) is 9.88 Å². The van der Waals surface area contributed by atoms with Crippen LogP contribution in [-0.4, -0.2) is 40.3 Å². The van der Waals surface area contributed by atoms with E-state index in [1.54, 1.807) is 18.5 Å². The fourth-order valence-electron chi connectivity index (χ4n) is 3.53. The van der Waals surface area contributed by atoms with Crippen molar-refractivity contribution in [2.24, 2.45) is 0 Å². The van der Waals surface area contributed by atoms with E-state index in [9.17, 15) is 9.50 Å². The van der Waals surface area contributed by atoms with Gasteiger partial charge in [0.2, 0.25) is 0 Å². The molecule has 0 bridgehead atoms. The van der Waals surface area contributed by atoms with Gasteiger partial charge in [-0.25, -0.2) is 4.39 Å². The number of likely N-dealkylation sites (tertiary alicyclic amines) is 1. The fraction of sp³-hybridized carbons (Fsp3) is 0.286. The Morgan fingerprint density at radius 2 is 2.07 bits per heavy atom. The van der Waals surface area contributed by atoms with Gasteiger partial charge < -0.3 is 9.84 Å². The van der Waals surface area contributed by atoms with Gasteiger partial charge in [0.15, 0.2) is 0 Å². The molecule has 140 valence electrons. The normalized spacial score (nSPS) is 20.7. The molecule has 2 atom stereocenters. The van der Waals surface area contributed by atoms with Gasteiger partial charge in [-0.15, -0.1) is 0 Å². The van der Waals surface area contributed by atoms with Gasteiger partial charge in [-0.2, -0.15) is 0 Å². The van der Waals surface area contributed by atoms with E-state index in [1.165, 1.54) is 12.1 Å². The molecular weight excluding hydrogens is 367 g/mol. The van der Waals surface area contributed by atoms with Crippen molar-refractivity contribution < 1.29 is 14.2 Å². The summed E-state index contributed by atoms with van der Waals surface area (Å²) < 4.78 is 19.5. The minimum atomic E-state index is -0.618. The van der Waals surface area contributed by atoms with Gasteiger partial charge >= 0.3 is 0 Å². The summed E-state index contributed by atoms with van der Waals surface area (Å²) in [6.45, 7) is 1.77. The van der Waals surface area contributed by atoms with Gasteiger partial charge in [0, 0.05) is 42.4 Å². The first kappa shape index (κ1) is 18.2. The second-order valence-electron chi connectivity index (χ2n) is 6.91. The van der Waals surface area contributed by atoms with Crippen molar-refractivity contribution in [3.63, 3.8) is 0 Å². The zero-order chi connectivity index (χ0) is 18.8. The van der Waals surface area contributed by atoms with Crippen LogP contribution in [0.25, 0.3) is 10.8 Å². The second kappa shape index (κ2) is 7.80. The number of ether oxygens (including phenoxy) is 1. The third-order valence-corrected chi connectivity index (χ3v) is 5.05. The lowest BCUT2D eigenvalue weighted by Gasteiger charge is -2.36. The summed E-state index contributed by atoms with van der Waals surface area (Å²) in [5.74, 6) is 0.381. The topological polar surface area (TPSA) is 45.6 Å². The molecule has 4 nitrogen and oxygen atoms in total. The molecule has 27 heavy (non-hydrogen) atoms. The summed E-state index contributed by atoms with van der Waals surface area (Å²) in [6.07, 6.45) is 3.35. The lowest BCUT2D eigenvalue weighted by atomic mass is 10.0. The van der Waals surface area contributed by atoms with Gasteiger partial charge in [-0.05, 0) is 53.8 Å². The molecule has 0 unspecified atom stereocenters. The Kier molecular flexibility index (Phi) is 5.25. The average Bonchev–Trinajstić information content (AvgIpc) is 2.63. The Balaban J connectivity index is 1.39. The van der Waals surface area contributed by atoms with Gasteiger partial charge in [0.25, 0.3) is 0 Å². The van der Waals surface area contributed by atoms with Crippen molar-refractivity contribution in [2.45, 2.75) is 25.2 Å². The molecule has 1 aromatic heterocycles. The number of rotatable bonds is 4. The van der Waals surface area contributed by atoms with Gasteiger partial charge in [-0.3, -0.25) is 9.88 Å². The van der Waals surface area contributed by atoms with E-state index in [1.807, 2.05) is 24.3 Å². The van der Waals surface area contributed by atoms with Crippen molar-refractivity contribution in [3.8, 4) is 5.75 Å². The maximum Gasteiger partial charge on any atom is 0.127 e. The number of aliphatic hydroxyl groups excluding tert-OH is 1. The van der Waals surface area contributed by atoms with Gasteiger partial charge in [0.05, 0.1) is 0 Å². The van der Waals surface area contributed by atoms with Crippen molar-refractivity contribution in [3.05, 3.63) is 71.3 Å². The number of β-amino-alcohol motifs (C(OH)–C–C–N with tert-alkyl or cyclic N) is 1. The summed E-state index contributed by atoms with van der Waals surface area (Å²) in [5.41, 5.74) is 0.800. The zero-order valence-electron chi connectivity index (χ0n) is 14.7. The van der Waals surface area contributed by atoms with Crippen LogP contribution in [0.3, 0.4) is 0 Å². The Hall–Kier alpha value is -2.21. The van der Waals surface area contributed by atoms with Crippen LogP contribution in [0.5, 0.6) is 5.75 Å². The van der Waals surface area contributed by atoms with Crippen LogP contribution in [0, 0.1) is 5.82 Å². The number of halogens is 2. The summed E-state index contributed by atoms with van der Waals surface area (Å²) in [6, 6.07) is 12.3. The molecule has 1 aliphatic rings. The number of pyridine rings is 1. The van der Waals surface area contributed by atoms with Crippen molar-refractivity contribution >= 4 is 22.4 Å². The van der Waals surface area contributed by atoms with E-state index in [4.69, 9.17) is 16.3 Å². The van der Waals surface area contributed by atoms with Crippen LogP contribution in [0.4, 0.5) is 4.39 Å². The Bertz CT molecular complexity index is 932. The summed E-state index contributed by atoms with van der Waals surface area (Å²) in [5, 5.41) is 13.0. The minimum Gasteiger partial charge on any atom is -0.488 e. The van der Waals surface area contributed by atoms with E-state index in [-0.39, 0.29) is 11.9 Å². The molecule has 1 N–H and O–H groups in total. The second-order valence-corrected chi connectivity index (χ2v) is 7.35. The van der Waals surface area contributed by atoms with Crippen LogP contribution >= 0.6 is 11.6 Å². The number of hydrogen-bond donors (Lipinski definition) is 1. The molecule has 3 aromatic rings. The molecule has 0 aliphatic carbocycles. The van der Waals surface area contributed by atoms with E-state index < -0.39 is 6.10 Å². The van der Waals surface area contributed by atoms with Gasteiger partial charge in [0.1, 0.15) is 23.8 Å². The molecule has 6 heteroatoms. The lowest BCUT2D eigenvalue weighted by molar-refractivity contribution is -0.0274. The molecule has 4 rings (SSSR count). The highest BCUT2D eigenvalue weighted by atomic mass is 35.5. The molecule has 0 radical (unpaired) electrons. The minimum absolute atomic E-state index is 0.272. The smallest absolute Gasteiger partial charge is 0.127 e. The number of benzene rings is 2. The number of piperidine rings is 1. The molecule has 0 amide bonds. The first-order chi connectivity index (χ1) is 13.1. The van der Waals surface area contributed by atoms with Crippen LogP contribution in [0.1, 0.15) is 12.0 Å². The Morgan fingerprint density at radius 3 is 2.89 bits per heavy atom. The Labute approximate surface area is 162 Å². The molecular formula is C21H20ClFN2O2. The van der Waals surface area contributed by atoms with Crippen molar-refractivity contribution in [2.75, 3.05) is 13.1 Å². The summed E-state index contributed by atoms with van der Waals surface area (Å²) >= 11 is 5.92. The third-order valence-electron chi connectivity index (χ3n) is 4.83. The predicted molar refractivity (Wildman–Crippen MR) is 103 cm³/mol. The van der Waals surface area contributed by atoms with Gasteiger partial charge in [-0.1, -0.05) is 17.7 Å². The average molecular weight is 387 g/mol. The molecule has 1 fully saturated rings. The summed E-state index contributed by atoms with van der Waals surface area (Å²) in [7, 11) is 0. The van der Waals surface area contributed by atoms with E-state index in [0.717, 1.165) is 28.6 Å². The first-order valence-electron chi connectivity index (χ1n) is 8.93. The highest BCUT2D eigenvalue weighted by Gasteiger charge is 2.29. The third kappa shape index (κ3) is 4.38. The highest BCUT2D eigenvalue weighted by molar-refractivity contribution is 6.30. The maximum atomic E-state index is 13.5. The van der Waals surface area contributed by atoms with E-state index in [0.29, 0.717) is 24.5 Å². The van der Waals surface area contributed by atoms with Crippen LogP contribution in [0.2, 0.25) is 5.02 Å². The fourth-order valence-corrected chi connectivity index (χ4v) is 3.77. The number of aliphatic hydroxyl groups is 1. The van der Waals surface area contributed by atoms with E-state index >= 15 is 0 Å². The number of hydrogen-bond acceptors (Lipinski definition) is 4. The summed E-state index contributed by atoms with van der Waals surface area (Å²) in [4.78, 5) is 6.21. The van der Waals surface area contributed by atoms with Crippen molar-refractivity contribution in [1.82, 2.24) is 9.88 Å². The standard InChI is InChI=1S/C21H20ClFN2O2/c22-17-7-14(8-18(23)10-17)12-25-6-4-21(20(26)13-25)27-19-2-1-15-3-5-24-11-16(15)9-19/h1-3,5,7-11,20-21,26H,4,6,12-13H2/t20-,21-/m1/s1. The lowest BCUT2D eigenvalue weighted by Crippen LogP contribution is -2.48. The van der Waals surface area contributed by atoms with Crippen LogP contribution in [0.15, 0.2) is 54.9 Å². The molecule has 2 heterocycles. The number of nitrogens with zero attached hydrogens (tertiary/aromatic N) is 2. The Morgan fingerprint density at radius 1 is 1.19 bits per heavy atom. The first-order valence-corrected chi connectivity index (χ1v) is 9.30. The molecule has 0 saturated carbocycles. The largest absolute Gasteiger partial charge is 0.488 e. The predicted octanol–water partition coefficient (Wildman–Crippen LogP) is 4.04. The zero-order valence-corrected chi connectivity index (χ0v) is 15.4. The molecule has 1 aliphatic heterocycles. The van der Waals surface area contributed by atoms with Crippen LogP contribution in [-0.2, 0) is 6.54 Å². The quantitative estimate of drug-likeness (QED) is 0.735. The number of fused-ring (bicyclic) bond motifs is 1. The molecule has 2 aromatic carbocycles. The van der Waals surface area contributed by atoms with Crippen LogP contribution < -0.4 is 4.74 Å². The van der Waals surface area contributed by atoms with Crippen molar-refractivity contribution in [1.29, 1.82) is 0 Å². The number of aromatic nitrogens is 1.